The number of hydrogen-bond donors (Lipinski definition) is 0. The summed E-state index contributed by atoms with van der Waals surface area (Å²) in [4.78, 5) is 4.56. The van der Waals surface area contributed by atoms with Crippen molar-refractivity contribution in [2.75, 3.05) is 13.2 Å². The molecule has 3 aromatic rings. The summed E-state index contributed by atoms with van der Waals surface area (Å²) in [6.45, 7) is 1.03. The second-order valence-electron chi connectivity index (χ2n) is 5.47. The Labute approximate surface area is 150 Å². The zero-order valence-electron chi connectivity index (χ0n) is 13.2. The van der Waals surface area contributed by atoms with Gasteiger partial charge in [0.1, 0.15) is 24.0 Å². The van der Waals surface area contributed by atoms with Crippen molar-refractivity contribution in [1.82, 2.24) is 4.98 Å². The highest BCUT2D eigenvalue weighted by Gasteiger charge is 2.31. The van der Waals surface area contributed by atoms with Crippen LogP contribution in [0.4, 0.5) is 13.2 Å². The van der Waals surface area contributed by atoms with E-state index in [0.717, 1.165) is 11.3 Å². The van der Waals surface area contributed by atoms with E-state index < -0.39 is 6.36 Å². The SMILES string of the molecule is FC(F)(F)Oc1ccc(-c2nc(-c3ccc4c(c3)OCCO4)cs2)cc1. The molecule has 0 saturated heterocycles. The summed E-state index contributed by atoms with van der Waals surface area (Å²) >= 11 is 1.41. The van der Waals surface area contributed by atoms with Crippen LogP contribution in [0.5, 0.6) is 17.2 Å². The van der Waals surface area contributed by atoms with Crippen LogP contribution >= 0.6 is 11.3 Å². The van der Waals surface area contributed by atoms with Crippen molar-refractivity contribution in [3.05, 3.63) is 47.8 Å². The molecule has 4 rings (SSSR count). The zero-order valence-corrected chi connectivity index (χ0v) is 14.1. The van der Waals surface area contributed by atoms with E-state index in [4.69, 9.17) is 9.47 Å². The fourth-order valence-corrected chi connectivity index (χ4v) is 3.38. The first-order chi connectivity index (χ1) is 12.5. The van der Waals surface area contributed by atoms with Gasteiger partial charge in [-0.3, -0.25) is 0 Å². The molecule has 8 heteroatoms. The largest absolute Gasteiger partial charge is 0.573 e. The second-order valence-corrected chi connectivity index (χ2v) is 6.33. The van der Waals surface area contributed by atoms with Crippen molar-refractivity contribution in [3.63, 3.8) is 0 Å². The number of ether oxygens (including phenoxy) is 3. The van der Waals surface area contributed by atoms with E-state index in [9.17, 15) is 13.2 Å². The van der Waals surface area contributed by atoms with Gasteiger partial charge >= 0.3 is 6.36 Å². The maximum Gasteiger partial charge on any atom is 0.573 e. The Morgan fingerprint density at radius 2 is 1.62 bits per heavy atom. The Morgan fingerprint density at radius 1 is 0.923 bits per heavy atom. The van der Waals surface area contributed by atoms with Crippen LogP contribution in [0, 0.1) is 0 Å². The van der Waals surface area contributed by atoms with E-state index in [1.54, 1.807) is 12.1 Å². The number of fused-ring (bicyclic) bond motifs is 1. The molecule has 0 fully saturated rings. The Bertz CT molecular complexity index is 922. The molecule has 26 heavy (non-hydrogen) atoms. The van der Waals surface area contributed by atoms with Crippen molar-refractivity contribution in [1.29, 1.82) is 0 Å². The Balaban J connectivity index is 1.56. The molecular formula is C18H12F3NO3S. The number of hydrogen-bond acceptors (Lipinski definition) is 5. The average Bonchev–Trinajstić information content (AvgIpc) is 3.11. The molecule has 0 atom stereocenters. The molecule has 0 aliphatic carbocycles. The Kier molecular flexibility index (Phi) is 4.20. The number of aromatic nitrogens is 1. The third kappa shape index (κ3) is 3.60. The van der Waals surface area contributed by atoms with Crippen LogP contribution in [0.2, 0.25) is 0 Å². The van der Waals surface area contributed by atoms with Crippen molar-refractivity contribution in [3.8, 4) is 39.1 Å². The number of alkyl halides is 3. The second kappa shape index (κ2) is 6.53. The zero-order chi connectivity index (χ0) is 18.1. The van der Waals surface area contributed by atoms with Crippen LogP contribution in [0.1, 0.15) is 0 Å². The first-order valence-electron chi connectivity index (χ1n) is 7.70. The number of benzene rings is 2. The third-order valence-electron chi connectivity index (χ3n) is 3.68. The lowest BCUT2D eigenvalue weighted by atomic mass is 10.1. The van der Waals surface area contributed by atoms with Crippen molar-refractivity contribution in [2.24, 2.45) is 0 Å². The molecule has 2 aromatic carbocycles. The van der Waals surface area contributed by atoms with E-state index >= 15 is 0 Å². The molecule has 0 radical (unpaired) electrons. The van der Waals surface area contributed by atoms with Gasteiger partial charge in [0.25, 0.3) is 0 Å². The molecule has 0 N–H and O–H groups in total. The number of nitrogens with zero attached hydrogens (tertiary/aromatic N) is 1. The van der Waals surface area contributed by atoms with Crippen LogP contribution < -0.4 is 14.2 Å². The minimum atomic E-state index is -4.70. The van der Waals surface area contributed by atoms with E-state index in [-0.39, 0.29) is 5.75 Å². The van der Waals surface area contributed by atoms with Gasteiger partial charge in [-0.1, -0.05) is 0 Å². The van der Waals surface area contributed by atoms with Crippen molar-refractivity contribution < 1.29 is 27.4 Å². The molecule has 1 aliphatic heterocycles. The fraction of sp³-hybridized carbons (Fsp3) is 0.167. The highest BCUT2D eigenvalue weighted by molar-refractivity contribution is 7.13. The van der Waals surface area contributed by atoms with Crippen LogP contribution in [0.15, 0.2) is 47.8 Å². The molecule has 0 spiro atoms. The number of thiazole rings is 1. The van der Waals surface area contributed by atoms with Crippen LogP contribution in [0.25, 0.3) is 21.8 Å². The first-order valence-corrected chi connectivity index (χ1v) is 8.58. The predicted octanol–water partition coefficient (Wildman–Crippen LogP) is 5.15. The summed E-state index contributed by atoms with van der Waals surface area (Å²) in [6, 6.07) is 11.2. The molecule has 0 amide bonds. The van der Waals surface area contributed by atoms with Gasteiger partial charge in [0.2, 0.25) is 0 Å². The number of halogens is 3. The quantitative estimate of drug-likeness (QED) is 0.631. The minimum absolute atomic E-state index is 0.259. The van der Waals surface area contributed by atoms with Gasteiger partial charge in [0.15, 0.2) is 11.5 Å². The lowest BCUT2D eigenvalue weighted by Gasteiger charge is -2.18. The normalized spacial score (nSPS) is 13.5. The lowest BCUT2D eigenvalue weighted by molar-refractivity contribution is -0.274. The monoisotopic (exact) mass is 379 g/mol. The number of rotatable bonds is 3. The van der Waals surface area contributed by atoms with Gasteiger partial charge in [-0.25, -0.2) is 4.98 Å². The summed E-state index contributed by atoms with van der Waals surface area (Å²) in [5.74, 6) is 1.12. The Hall–Kier alpha value is -2.74. The van der Waals surface area contributed by atoms with Crippen molar-refractivity contribution in [2.45, 2.75) is 6.36 Å². The van der Waals surface area contributed by atoms with Gasteiger partial charge in [-0.05, 0) is 42.5 Å². The maximum absolute atomic E-state index is 12.2. The van der Waals surface area contributed by atoms with Gasteiger partial charge in [-0.15, -0.1) is 24.5 Å². The van der Waals surface area contributed by atoms with E-state index in [2.05, 4.69) is 9.72 Å². The van der Waals surface area contributed by atoms with Gasteiger partial charge in [0.05, 0.1) is 5.69 Å². The van der Waals surface area contributed by atoms with Gasteiger partial charge < -0.3 is 14.2 Å². The molecule has 1 aliphatic rings. The van der Waals surface area contributed by atoms with E-state index in [1.807, 2.05) is 23.6 Å². The highest BCUT2D eigenvalue weighted by atomic mass is 32.1. The Morgan fingerprint density at radius 3 is 2.35 bits per heavy atom. The molecule has 4 nitrogen and oxygen atoms in total. The van der Waals surface area contributed by atoms with Gasteiger partial charge in [-0.2, -0.15) is 0 Å². The summed E-state index contributed by atoms with van der Waals surface area (Å²) < 4.78 is 51.6. The van der Waals surface area contributed by atoms with Crippen molar-refractivity contribution >= 4 is 11.3 Å². The smallest absolute Gasteiger partial charge is 0.486 e. The molecule has 0 unspecified atom stereocenters. The van der Waals surface area contributed by atoms with Crippen LogP contribution in [-0.2, 0) is 0 Å². The van der Waals surface area contributed by atoms with E-state index in [0.29, 0.717) is 35.3 Å². The van der Waals surface area contributed by atoms with Crippen LogP contribution in [-0.4, -0.2) is 24.6 Å². The lowest BCUT2D eigenvalue weighted by Crippen LogP contribution is -2.16. The standard InChI is InChI=1S/C18H12F3NO3S/c19-18(20,21)25-13-4-1-11(2-5-13)17-22-14(10-26-17)12-3-6-15-16(9-12)24-8-7-23-15/h1-6,9-10H,7-8H2. The topological polar surface area (TPSA) is 40.6 Å². The summed E-state index contributed by atoms with van der Waals surface area (Å²) in [5.41, 5.74) is 2.36. The summed E-state index contributed by atoms with van der Waals surface area (Å²) in [7, 11) is 0. The first kappa shape index (κ1) is 16.7. The van der Waals surface area contributed by atoms with Crippen LogP contribution in [0.3, 0.4) is 0 Å². The molecule has 134 valence electrons. The molecule has 2 heterocycles. The molecule has 0 bridgehead atoms. The molecule has 0 saturated carbocycles. The summed E-state index contributed by atoms with van der Waals surface area (Å²) in [5, 5.41) is 2.59. The van der Waals surface area contributed by atoms with Gasteiger partial charge in [0, 0.05) is 16.5 Å². The fourth-order valence-electron chi connectivity index (χ4n) is 2.54. The average molecular weight is 379 g/mol. The molecular weight excluding hydrogens is 367 g/mol. The molecule has 1 aromatic heterocycles. The summed E-state index contributed by atoms with van der Waals surface area (Å²) in [6.07, 6.45) is -4.70. The third-order valence-corrected chi connectivity index (χ3v) is 4.57. The minimum Gasteiger partial charge on any atom is -0.486 e. The maximum atomic E-state index is 12.2. The van der Waals surface area contributed by atoms with E-state index in [1.165, 1.54) is 23.5 Å². The predicted molar refractivity (Wildman–Crippen MR) is 90.7 cm³/mol. The highest BCUT2D eigenvalue weighted by Crippen LogP contribution is 2.36.